The van der Waals surface area contributed by atoms with E-state index in [2.05, 4.69) is 90.0 Å². The van der Waals surface area contributed by atoms with Gasteiger partial charge in [0, 0.05) is 11.4 Å². The molecular weight excluding hydrogens is 514 g/mol. The Kier molecular flexibility index (Phi) is 11.7. The molecule has 1 aliphatic rings. The average Bonchev–Trinajstić information content (AvgIpc) is 3.52. The van der Waals surface area contributed by atoms with Gasteiger partial charge in [0.1, 0.15) is 12.4 Å². The van der Waals surface area contributed by atoms with Crippen molar-refractivity contribution in [1.82, 2.24) is 4.90 Å². The fraction of sp³-hybridized carbons (Fsp3) is 0.400. The highest BCUT2D eigenvalue weighted by Crippen LogP contribution is 2.37. The van der Waals surface area contributed by atoms with Crippen LogP contribution < -0.4 is 4.74 Å². The summed E-state index contributed by atoms with van der Waals surface area (Å²) < 4.78 is 10.9. The second-order valence-corrected chi connectivity index (χ2v) is 11.4. The molecule has 5 heteroatoms. The number of benzene rings is 3. The van der Waals surface area contributed by atoms with Crippen molar-refractivity contribution in [1.29, 1.82) is 0 Å². The minimum atomic E-state index is -0.125. The Morgan fingerprint density at radius 1 is 0.900 bits per heavy atom. The van der Waals surface area contributed by atoms with Crippen molar-refractivity contribution in [3.05, 3.63) is 101 Å². The molecule has 1 saturated heterocycles. The molecule has 0 saturated carbocycles. The highest BCUT2D eigenvalue weighted by molar-refractivity contribution is 8.07. The molecule has 1 fully saturated rings. The van der Waals surface area contributed by atoms with E-state index in [9.17, 15) is 4.79 Å². The lowest BCUT2D eigenvalue weighted by molar-refractivity contribution is -0.145. The van der Waals surface area contributed by atoms with E-state index >= 15 is 0 Å². The van der Waals surface area contributed by atoms with Gasteiger partial charge in [0.15, 0.2) is 0 Å². The van der Waals surface area contributed by atoms with Gasteiger partial charge < -0.3 is 9.47 Å². The summed E-state index contributed by atoms with van der Waals surface area (Å²) in [6.45, 7) is 6.07. The fourth-order valence-electron chi connectivity index (χ4n) is 5.33. The van der Waals surface area contributed by atoms with E-state index in [0.29, 0.717) is 0 Å². The van der Waals surface area contributed by atoms with Crippen LogP contribution in [0.3, 0.4) is 0 Å². The molecule has 0 bridgehead atoms. The molecule has 4 rings (SSSR count). The molecular formula is C35H43NO3S. The van der Waals surface area contributed by atoms with Gasteiger partial charge in [0.25, 0.3) is 0 Å². The normalized spacial score (nSPS) is 15.0. The number of carbonyl (C=O) groups is 1. The van der Waals surface area contributed by atoms with Crippen molar-refractivity contribution >= 4 is 28.2 Å². The van der Waals surface area contributed by atoms with E-state index in [1.54, 1.807) is 11.8 Å². The van der Waals surface area contributed by atoms with Crippen LogP contribution >= 0.6 is 11.8 Å². The lowest BCUT2D eigenvalue weighted by Crippen LogP contribution is -2.25. The topological polar surface area (TPSA) is 38.8 Å². The van der Waals surface area contributed by atoms with Crippen LogP contribution in [0.2, 0.25) is 0 Å². The van der Waals surface area contributed by atoms with Gasteiger partial charge in [0.05, 0.1) is 13.0 Å². The highest BCUT2D eigenvalue weighted by atomic mass is 32.2. The third kappa shape index (κ3) is 8.74. The van der Waals surface area contributed by atoms with E-state index in [4.69, 9.17) is 9.47 Å². The summed E-state index contributed by atoms with van der Waals surface area (Å²) in [5.41, 5.74) is 6.39. The zero-order valence-corrected chi connectivity index (χ0v) is 25.1. The monoisotopic (exact) mass is 557 g/mol. The maximum absolute atomic E-state index is 11.7. The number of aryl methyl sites for hydroxylation is 1. The zero-order chi connectivity index (χ0) is 28.2. The lowest BCUT2D eigenvalue weighted by Gasteiger charge is -2.17. The summed E-state index contributed by atoms with van der Waals surface area (Å²) in [6.07, 6.45) is 8.42. The van der Waals surface area contributed by atoms with Crippen LogP contribution in [0.25, 0.3) is 10.5 Å². The highest BCUT2D eigenvalue weighted by Gasteiger charge is 2.15. The molecule has 0 N–H and O–H groups in total. The molecule has 0 aromatic heterocycles. The number of esters is 1. The van der Waals surface area contributed by atoms with Crippen molar-refractivity contribution in [2.45, 2.75) is 45.4 Å². The number of rotatable bonds is 14. The summed E-state index contributed by atoms with van der Waals surface area (Å²) in [7, 11) is 1.46. The van der Waals surface area contributed by atoms with Gasteiger partial charge >= 0.3 is 5.97 Å². The molecule has 0 amide bonds. The Hall–Kier alpha value is -3.02. The molecule has 4 nitrogen and oxygen atoms in total. The van der Waals surface area contributed by atoms with E-state index in [-0.39, 0.29) is 11.9 Å². The average molecular weight is 558 g/mol. The second kappa shape index (κ2) is 15.7. The maximum Gasteiger partial charge on any atom is 0.308 e. The van der Waals surface area contributed by atoms with Crippen molar-refractivity contribution in [3.8, 4) is 5.75 Å². The van der Waals surface area contributed by atoms with E-state index < -0.39 is 0 Å². The van der Waals surface area contributed by atoms with Gasteiger partial charge in [-0.2, -0.15) is 0 Å². The fourth-order valence-corrected chi connectivity index (χ4v) is 6.14. The number of nitrogens with zero attached hydrogens (tertiary/aromatic N) is 1. The number of thioether (sulfide) groups is 1. The van der Waals surface area contributed by atoms with Gasteiger partial charge in [-0.15, -0.1) is 11.8 Å². The molecule has 3 aromatic carbocycles. The SMILES string of the molecule is COC(=O)C(C)CCCc1ccc(CC(=C(SC)c2ccc(OCCN3CCCC3)cc2)c2ccccc2)cc1. The first-order valence-electron chi connectivity index (χ1n) is 14.5. The van der Waals surface area contributed by atoms with Crippen LogP contribution in [0.1, 0.15) is 54.9 Å². The number of hydrogen-bond donors (Lipinski definition) is 0. The minimum absolute atomic E-state index is 0.0524. The molecule has 40 heavy (non-hydrogen) atoms. The first-order valence-corrected chi connectivity index (χ1v) is 15.7. The molecule has 3 aromatic rings. The quantitative estimate of drug-likeness (QED) is 0.150. The summed E-state index contributed by atoms with van der Waals surface area (Å²) in [5.74, 6) is 0.754. The third-order valence-electron chi connectivity index (χ3n) is 7.70. The minimum Gasteiger partial charge on any atom is -0.492 e. The Balaban J connectivity index is 1.45. The second-order valence-electron chi connectivity index (χ2n) is 10.6. The van der Waals surface area contributed by atoms with Crippen LogP contribution in [0.4, 0.5) is 0 Å². The lowest BCUT2D eigenvalue weighted by atomic mass is 9.94. The first-order chi connectivity index (χ1) is 19.6. The van der Waals surface area contributed by atoms with Crippen LogP contribution in [0, 0.1) is 5.92 Å². The Labute approximate surface area is 244 Å². The molecule has 1 heterocycles. The summed E-state index contributed by atoms with van der Waals surface area (Å²) in [6, 6.07) is 28.3. The number of allylic oxidation sites excluding steroid dienone is 1. The van der Waals surface area contributed by atoms with Crippen LogP contribution in [0.15, 0.2) is 78.9 Å². The van der Waals surface area contributed by atoms with E-state index in [0.717, 1.165) is 44.6 Å². The predicted molar refractivity (Wildman–Crippen MR) is 169 cm³/mol. The summed E-state index contributed by atoms with van der Waals surface area (Å²) in [4.78, 5) is 15.4. The number of ether oxygens (including phenoxy) is 2. The summed E-state index contributed by atoms with van der Waals surface area (Å²) >= 11 is 1.80. The predicted octanol–water partition coefficient (Wildman–Crippen LogP) is 7.77. The number of carbonyl (C=O) groups excluding carboxylic acids is 1. The van der Waals surface area contributed by atoms with Crippen molar-refractivity contribution < 1.29 is 14.3 Å². The molecule has 1 atom stereocenters. The van der Waals surface area contributed by atoms with E-state index in [1.165, 1.54) is 65.8 Å². The van der Waals surface area contributed by atoms with Gasteiger partial charge in [-0.05, 0) is 97.8 Å². The van der Waals surface area contributed by atoms with Crippen molar-refractivity contribution in [2.75, 3.05) is 39.6 Å². The van der Waals surface area contributed by atoms with Gasteiger partial charge in [0.2, 0.25) is 0 Å². The first kappa shape index (κ1) is 30.0. The Morgan fingerprint density at radius 3 is 2.23 bits per heavy atom. The van der Waals surface area contributed by atoms with Crippen molar-refractivity contribution in [3.63, 3.8) is 0 Å². The number of hydrogen-bond acceptors (Lipinski definition) is 5. The third-order valence-corrected chi connectivity index (χ3v) is 8.59. The van der Waals surface area contributed by atoms with Gasteiger partial charge in [-0.25, -0.2) is 0 Å². The largest absolute Gasteiger partial charge is 0.492 e. The molecule has 0 spiro atoms. The maximum atomic E-state index is 11.7. The molecule has 0 aliphatic carbocycles. The van der Waals surface area contributed by atoms with Gasteiger partial charge in [-0.3, -0.25) is 9.69 Å². The Bertz CT molecular complexity index is 1220. The van der Waals surface area contributed by atoms with Gasteiger partial charge in [-0.1, -0.05) is 73.7 Å². The van der Waals surface area contributed by atoms with Crippen LogP contribution in [0.5, 0.6) is 5.75 Å². The number of likely N-dealkylation sites (tertiary alicyclic amines) is 1. The molecule has 1 aliphatic heterocycles. The van der Waals surface area contributed by atoms with E-state index in [1.807, 2.05) is 6.92 Å². The molecule has 212 valence electrons. The van der Waals surface area contributed by atoms with Crippen LogP contribution in [-0.2, 0) is 22.4 Å². The standard InChI is InChI=1S/C35H43NO3S/c1-27(35(37)38-2)10-9-11-28-14-16-29(17-15-28)26-33(30-12-5-4-6-13-30)34(40-3)31-18-20-32(21-19-31)39-25-24-36-22-7-8-23-36/h4-6,12-21,27H,7-11,22-26H2,1-3H3. The molecule has 0 radical (unpaired) electrons. The summed E-state index contributed by atoms with van der Waals surface area (Å²) in [5, 5.41) is 0. The van der Waals surface area contributed by atoms with Crippen molar-refractivity contribution in [2.24, 2.45) is 5.92 Å². The Morgan fingerprint density at radius 2 is 1.57 bits per heavy atom. The number of methoxy groups -OCH3 is 1. The zero-order valence-electron chi connectivity index (χ0n) is 24.2. The smallest absolute Gasteiger partial charge is 0.308 e. The van der Waals surface area contributed by atoms with Crippen LogP contribution in [-0.4, -0.2) is 50.5 Å². The molecule has 1 unspecified atom stereocenters.